The van der Waals surface area contributed by atoms with Crippen LogP contribution in [0.4, 0.5) is 0 Å². The smallest absolute Gasteiger partial charge is 0.254 e. The van der Waals surface area contributed by atoms with Gasteiger partial charge in [0.05, 0.1) is 12.2 Å². The summed E-state index contributed by atoms with van der Waals surface area (Å²) in [5.41, 5.74) is 0.759. The zero-order valence-electron chi connectivity index (χ0n) is 9.43. The van der Waals surface area contributed by atoms with Gasteiger partial charge in [-0.25, -0.2) is 0 Å². The minimum Gasteiger partial charge on any atom is -0.371 e. The van der Waals surface area contributed by atoms with E-state index in [0.29, 0.717) is 0 Å². The summed E-state index contributed by atoms with van der Waals surface area (Å²) in [6.07, 6.45) is 2.70. The normalized spacial score (nSPS) is 27.2. The molecule has 2 heterocycles. The molecular formula is C13H14BrNO2. The Morgan fingerprint density at radius 2 is 1.76 bits per heavy atom. The fourth-order valence-corrected chi connectivity index (χ4v) is 2.82. The molecule has 90 valence electrons. The Kier molecular flexibility index (Phi) is 2.92. The van der Waals surface area contributed by atoms with Crippen LogP contribution in [0, 0.1) is 0 Å². The second-order valence-electron chi connectivity index (χ2n) is 4.67. The van der Waals surface area contributed by atoms with E-state index < -0.39 is 0 Å². The van der Waals surface area contributed by atoms with E-state index >= 15 is 0 Å². The van der Waals surface area contributed by atoms with Crippen LogP contribution in [0.2, 0.25) is 0 Å². The minimum absolute atomic E-state index is 0.123. The van der Waals surface area contributed by atoms with Crippen molar-refractivity contribution in [3.63, 3.8) is 0 Å². The van der Waals surface area contributed by atoms with Crippen LogP contribution in [0.3, 0.4) is 0 Å². The van der Waals surface area contributed by atoms with E-state index in [2.05, 4.69) is 15.9 Å². The molecule has 2 atom stereocenters. The average molecular weight is 296 g/mol. The Balaban J connectivity index is 1.76. The first kappa shape index (κ1) is 11.2. The fourth-order valence-electron chi connectivity index (χ4n) is 2.56. The number of carbonyl (C=O) groups excluding carboxylic acids is 1. The molecule has 2 unspecified atom stereocenters. The molecule has 3 nitrogen and oxygen atoms in total. The van der Waals surface area contributed by atoms with Crippen molar-refractivity contribution in [1.82, 2.24) is 4.90 Å². The van der Waals surface area contributed by atoms with E-state index in [1.54, 1.807) is 0 Å². The van der Waals surface area contributed by atoms with Gasteiger partial charge in [0.2, 0.25) is 0 Å². The highest BCUT2D eigenvalue weighted by Crippen LogP contribution is 2.27. The van der Waals surface area contributed by atoms with E-state index in [4.69, 9.17) is 4.74 Å². The summed E-state index contributed by atoms with van der Waals surface area (Å²) < 4.78 is 6.73. The molecule has 2 fully saturated rings. The highest BCUT2D eigenvalue weighted by molar-refractivity contribution is 9.10. The molecule has 1 aromatic carbocycles. The maximum absolute atomic E-state index is 12.3. The summed E-state index contributed by atoms with van der Waals surface area (Å²) >= 11 is 3.37. The third kappa shape index (κ3) is 2.24. The summed E-state index contributed by atoms with van der Waals surface area (Å²) in [4.78, 5) is 14.2. The molecule has 17 heavy (non-hydrogen) atoms. The molecule has 1 amide bonds. The van der Waals surface area contributed by atoms with Crippen LogP contribution in [0.25, 0.3) is 0 Å². The number of hydrogen-bond donors (Lipinski definition) is 0. The third-order valence-electron chi connectivity index (χ3n) is 3.42. The number of amides is 1. The summed E-state index contributed by atoms with van der Waals surface area (Å²) in [5, 5.41) is 0. The van der Waals surface area contributed by atoms with Gasteiger partial charge in [0, 0.05) is 23.1 Å². The number of halogens is 1. The highest BCUT2D eigenvalue weighted by atomic mass is 79.9. The Morgan fingerprint density at radius 1 is 1.18 bits per heavy atom. The van der Waals surface area contributed by atoms with Gasteiger partial charge in [-0.3, -0.25) is 4.79 Å². The zero-order valence-corrected chi connectivity index (χ0v) is 11.0. The first-order valence-electron chi connectivity index (χ1n) is 5.92. The van der Waals surface area contributed by atoms with Crippen molar-refractivity contribution in [2.24, 2.45) is 0 Å². The van der Waals surface area contributed by atoms with Crippen molar-refractivity contribution in [2.45, 2.75) is 25.0 Å². The summed E-state index contributed by atoms with van der Waals surface area (Å²) in [6, 6.07) is 7.54. The molecule has 0 aliphatic carbocycles. The SMILES string of the molecule is O=C(c1ccc(Br)cc1)N1CC2CCC(C1)O2. The number of benzene rings is 1. The van der Waals surface area contributed by atoms with Gasteiger partial charge in [-0.2, -0.15) is 0 Å². The first-order valence-corrected chi connectivity index (χ1v) is 6.72. The molecular weight excluding hydrogens is 282 g/mol. The molecule has 0 aromatic heterocycles. The largest absolute Gasteiger partial charge is 0.371 e. The van der Waals surface area contributed by atoms with E-state index in [-0.39, 0.29) is 18.1 Å². The van der Waals surface area contributed by atoms with E-state index in [1.807, 2.05) is 29.2 Å². The molecule has 0 spiro atoms. The molecule has 0 saturated carbocycles. The lowest BCUT2D eigenvalue weighted by molar-refractivity contribution is -0.0303. The van der Waals surface area contributed by atoms with E-state index in [0.717, 1.165) is 36.0 Å². The van der Waals surface area contributed by atoms with Gasteiger partial charge >= 0.3 is 0 Å². The first-order chi connectivity index (χ1) is 8.22. The number of rotatable bonds is 1. The predicted octanol–water partition coefficient (Wildman–Crippen LogP) is 2.45. The molecule has 2 bridgehead atoms. The number of carbonyl (C=O) groups is 1. The van der Waals surface area contributed by atoms with Gasteiger partial charge in [-0.1, -0.05) is 15.9 Å². The van der Waals surface area contributed by atoms with Crippen LogP contribution < -0.4 is 0 Å². The maximum Gasteiger partial charge on any atom is 0.254 e. The summed E-state index contributed by atoms with van der Waals surface area (Å²) in [5.74, 6) is 0.123. The quantitative estimate of drug-likeness (QED) is 0.796. The molecule has 3 rings (SSSR count). The van der Waals surface area contributed by atoms with E-state index in [9.17, 15) is 4.79 Å². The van der Waals surface area contributed by atoms with Crippen LogP contribution >= 0.6 is 15.9 Å². The standard InChI is InChI=1S/C13H14BrNO2/c14-10-3-1-9(2-4-10)13(16)15-7-11-5-6-12(8-15)17-11/h1-4,11-12H,5-8H2. The minimum atomic E-state index is 0.123. The molecule has 0 radical (unpaired) electrons. The Labute approximate surface area is 109 Å². The molecule has 1 aromatic rings. The van der Waals surface area contributed by atoms with Gasteiger partial charge in [-0.15, -0.1) is 0 Å². The monoisotopic (exact) mass is 295 g/mol. The molecule has 2 aliphatic heterocycles. The fraction of sp³-hybridized carbons (Fsp3) is 0.462. The Morgan fingerprint density at radius 3 is 2.35 bits per heavy atom. The summed E-state index contributed by atoms with van der Waals surface area (Å²) in [6.45, 7) is 1.48. The topological polar surface area (TPSA) is 29.5 Å². The van der Waals surface area contributed by atoms with Crippen molar-refractivity contribution in [2.75, 3.05) is 13.1 Å². The van der Waals surface area contributed by atoms with E-state index in [1.165, 1.54) is 0 Å². The van der Waals surface area contributed by atoms with Gasteiger partial charge in [0.25, 0.3) is 5.91 Å². The van der Waals surface area contributed by atoms with Crippen LogP contribution in [0.5, 0.6) is 0 Å². The second-order valence-corrected chi connectivity index (χ2v) is 5.59. The van der Waals surface area contributed by atoms with Crippen molar-refractivity contribution in [1.29, 1.82) is 0 Å². The van der Waals surface area contributed by atoms with Crippen LogP contribution in [0.1, 0.15) is 23.2 Å². The van der Waals surface area contributed by atoms with Crippen molar-refractivity contribution in [3.05, 3.63) is 34.3 Å². The highest BCUT2D eigenvalue weighted by Gasteiger charge is 2.35. The lowest BCUT2D eigenvalue weighted by Gasteiger charge is -2.32. The Bertz CT molecular complexity index is 420. The van der Waals surface area contributed by atoms with Crippen molar-refractivity contribution in [3.8, 4) is 0 Å². The third-order valence-corrected chi connectivity index (χ3v) is 3.95. The summed E-state index contributed by atoms with van der Waals surface area (Å²) in [7, 11) is 0. The van der Waals surface area contributed by atoms with Crippen LogP contribution in [0.15, 0.2) is 28.7 Å². The second kappa shape index (κ2) is 4.42. The number of fused-ring (bicyclic) bond motifs is 2. The lowest BCUT2D eigenvalue weighted by Crippen LogP contribution is -2.45. The Hall–Kier alpha value is -0.870. The number of morpholine rings is 1. The van der Waals surface area contributed by atoms with Gasteiger partial charge in [0.1, 0.15) is 0 Å². The van der Waals surface area contributed by atoms with Crippen LogP contribution in [-0.2, 0) is 4.74 Å². The molecule has 2 saturated heterocycles. The van der Waals surface area contributed by atoms with Gasteiger partial charge in [0.15, 0.2) is 0 Å². The van der Waals surface area contributed by atoms with Crippen molar-refractivity contribution >= 4 is 21.8 Å². The number of likely N-dealkylation sites (tertiary alicyclic amines) is 1. The average Bonchev–Trinajstić information content (AvgIpc) is 2.68. The molecule has 4 heteroatoms. The number of ether oxygens (including phenoxy) is 1. The van der Waals surface area contributed by atoms with Gasteiger partial charge in [-0.05, 0) is 37.1 Å². The maximum atomic E-state index is 12.3. The van der Waals surface area contributed by atoms with Crippen LogP contribution in [-0.4, -0.2) is 36.1 Å². The molecule has 2 aliphatic rings. The zero-order chi connectivity index (χ0) is 11.8. The van der Waals surface area contributed by atoms with Gasteiger partial charge < -0.3 is 9.64 Å². The predicted molar refractivity (Wildman–Crippen MR) is 67.9 cm³/mol. The molecule has 0 N–H and O–H groups in total. The van der Waals surface area contributed by atoms with Crippen molar-refractivity contribution < 1.29 is 9.53 Å². The lowest BCUT2D eigenvalue weighted by atomic mass is 10.2. The number of nitrogens with zero attached hydrogens (tertiary/aromatic N) is 1. The number of hydrogen-bond acceptors (Lipinski definition) is 2.